The Kier molecular flexibility index (Phi) is 7.21. The van der Waals surface area contributed by atoms with Gasteiger partial charge in [0.2, 0.25) is 5.91 Å². The highest BCUT2D eigenvalue weighted by Crippen LogP contribution is 2.17. The van der Waals surface area contributed by atoms with Gasteiger partial charge in [-0.25, -0.2) is 9.78 Å². The van der Waals surface area contributed by atoms with Crippen molar-refractivity contribution < 1.29 is 9.59 Å². The van der Waals surface area contributed by atoms with Gasteiger partial charge in [-0.2, -0.15) is 0 Å². The number of carbonyl (C=O) groups is 2. The van der Waals surface area contributed by atoms with Crippen molar-refractivity contribution in [2.75, 3.05) is 17.2 Å². The Bertz CT molecular complexity index is 971. The molecule has 0 aliphatic rings. The van der Waals surface area contributed by atoms with Crippen LogP contribution in [0.3, 0.4) is 0 Å². The number of amides is 3. The zero-order chi connectivity index (χ0) is 20.6. The van der Waals surface area contributed by atoms with E-state index >= 15 is 0 Å². The monoisotopic (exact) mass is 428 g/mol. The van der Waals surface area contributed by atoms with Gasteiger partial charge in [-0.1, -0.05) is 41.4 Å². The number of carbonyl (C=O) groups excluding carboxylic acids is 2. The third-order valence-electron chi connectivity index (χ3n) is 4.07. The number of thiazole rings is 1. The van der Waals surface area contributed by atoms with Crippen LogP contribution in [0.15, 0.2) is 53.9 Å². The summed E-state index contributed by atoms with van der Waals surface area (Å²) < 4.78 is 0. The van der Waals surface area contributed by atoms with Gasteiger partial charge in [-0.15, -0.1) is 11.3 Å². The van der Waals surface area contributed by atoms with Crippen LogP contribution in [0.2, 0.25) is 5.02 Å². The van der Waals surface area contributed by atoms with E-state index in [0.29, 0.717) is 28.1 Å². The Balaban J connectivity index is 1.41. The molecular formula is C21H21ClN4O2S. The standard InChI is InChI=1S/C21H21ClN4O2S/c1-14-2-8-17(9-3-14)24-20(28)26-21-25-18(13-29-21)12-19(27)23-11-10-15-4-6-16(22)7-5-15/h2-9,13H,10-12H2,1H3,(H,23,27)(H2,24,25,26,28). The van der Waals surface area contributed by atoms with E-state index < -0.39 is 0 Å². The topological polar surface area (TPSA) is 83.1 Å². The first kappa shape index (κ1) is 20.8. The van der Waals surface area contributed by atoms with Crippen molar-refractivity contribution in [3.05, 3.63) is 75.8 Å². The summed E-state index contributed by atoms with van der Waals surface area (Å²) >= 11 is 7.14. The van der Waals surface area contributed by atoms with E-state index in [1.807, 2.05) is 55.5 Å². The van der Waals surface area contributed by atoms with Crippen LogP contribution in [0.25, 0.3) is 0 Å². The predicted molar refractivity (Wildman–Crippen MR) is 118 cm³/mol. The Labute approximate surface area is 178 Å². The molecule has 3 N–H and O–H groups in total. The van der Waals surface area contributed by atoms with Crippen molar-refractivity contribution in [2.45, 2.75) is 19.8 Å². The zero-order valence-corrected chi connectivity index (χ0v) is 17.4. The predicted octanol–water partition coefficient (Wildman–Crippen LogP) is 4.65. The van der Waals surface area contributed by atoms with E-state index in [4.69, 9.17) is 11.6 Å². The molecule has 3 aromatic rings. The minimum absolute atomic E-state index is 0.111. The first-order valence-corrected chi connectivity index (χ1v) is 10.3. The van der Waals surface area contributed by atoms with Gasteiger partial charge in [-0.05, 0) is 43.2 Å². The van der Waals surface area contributed by atoms with Gasteiger partial charge in [0.15, 0.2) is 5.13 Å². The Morgan fingerprint density at radius 1 is 1.03 bits per heavy atom. The number of anilines is 2. The number of aromatic nitrogens is 1. The van der Waals surface area contributed by atoms with E-state index in [-0.39, 0.29) is 18.4 Å². The SMILES string of the molecule is Cc1ccc(NC(=O)Nc2nc(CC(=O)NCCc3ccc(Cl)cc3)cs2)cc1. The lowest BCUT2D eigenvalue weighted by Gasteiger charge is -2.06. The van der Waals surface area contributed by atoms with Gasteiger partial charge in [0, 0.05) is 22.6 Å². The number of hydrogen-bond donors (Lipinski definition) is 3. The Morgan fingerprint density at radius 2 is 1.76 bits per heavy atom. The molecule has 0 unspecified atom stereocenters. The molecule has 3 amide bonds. The highest BCUT2D eigenvalue weighted by molar-refractivity contribution is 7.14. The van der Waals surface area contributed by atoms with E-state index in [1.165, 1.54) is 11.3 Å². The highest BCUT2D eigenvalue weighted by Gasteiger charge is 2.10. The van der Waals surface area contributed by atoms with Crippen molar-refractivity contribution in [3.63, 3.8) is 0 Å². The van der Waals surface area contributed by atoms with E-state index in [2.05, 4.69) is 20.9 Å². The summed E-state index contributed by atoms with van der Waals surface area (Å²) in [6.45, 7) is 2.52. The molecule has 1 aromatic heterocycles. The van der Waals surface area contributed by atoms with Crippen molar-refractivity contribution in [2.24, 2.45) is 0 Å². The lowest BCUT2D eigenvalue weighted by Crippen LogP contribution is -2.27. The lowest BCUT2D eigenvalue weighted by molar-refractivity contribution is -0.120. The number of urea groups is 1. The molecule has 0 radical (unpaired) electrons. The molecule has 2 aromatic carbocycles. The molecule has 0 spiro atoms. The van der Waals surface area contributed by atoms with Crippen molar-refractivity contribution in [3.8, 4) is 0 Å². The Morgan fingerprint density at radius 3 is 2.48 bits per heavy atom. The second-order valence-corrected chi connectivity index (χ2v) is 7.79. The number of nitrogens with one attached hydrogen (secondary N) is 3. The first-order chi connectivity index (χ1) is 14.0. The first-order valence-electron chi connectivity index (χ1n) is 9.08. The van der Waals surface area contributed by atoms with Crippen molar-refractivity contribution >= 4 is 45.7 Å². The largest absolute Gasteiger partial charge is 0.355 e. The average Bonchev–Trinajstić information content (AvgIpc) is 3.11. The van der Waals surface area contributed by atoms with Crippen LogP contribution in [-0.4, -0.2) is 23.5 Å². The molecule has 29 heavy (non-hydrogen) atoms. The molecule has 8 heteroatoms. The summed E-state index contributed by atoms with van der Waals surface area (Å²) in [7, 11) is 0. The summed E-state index contributed by atoms with van der Waals surface area (Å²) in [6, 6.07) is 14.7. The second-order valence-electron chi connectivity index (χ2n) is 6.49. The van der Waals surface area contributed by atoms with Crippen molar-refractivity contribution in [1.29, 1.82) is 0 Å². The fourth-order valence-corrected chi connectivity index (χ4v) is 3.40. The van der Waals surface area contributed by atoms with Crippen LogP contribution >= 0.6 is 22.9 Å². The van der Waals surface area contributed by atoms with Gasteiger partial charge in [0.05, 0.1) is 12.1 Å². The van der Waals surface area contributed by atoms with E-state index in [1.54, 1.807) is 5.38 Å². The van der Waals surface area contributed by atoms with E-state index in [9.17, 15) is 9.59 Å². The molecular weight excluding hydrogens is 408 g/mol. The smallest absolute Gasteiger partial charge is 0.325 e. The van der Waals surface area contributed by atoms with E-state index in [0.717, 1.165) is 17.5 Å². The highest BCUT2D eigenvalue weighted by atomic mass is 35.5. The average molecular weight is 429 g/mol. The summed E-state index contributed by atoms with van der Waals surface area (Å²) in [5.41, 5.74) is 3.54. The molecule has 0 saturated carbocycles. The summed E-state index contributed by atoms with van der Waals surface area (Å²) in [6.07, 6.45) is 0.893. The zero-order valence-electron chi connectivity index (χ0n) is 15.9. The lowest BCUT2D eigenvalue weighted by atomic mass is 10.1. The van der Waals surface area contributed by atoms with Gasteiger partial charge >= 0.3 is 6.03 Å². The van der Waals surface area contributed by atoms with Crippen LogP contribution in [0.5, 0.6) is 0 Å². The molecule has 1 heterocycles. The number of benzene rings is 2. The minimum Gasteiger partial charge on any atom is -0.355 e. The molecule has 0 fully saturated rings. The van der Waals surface area contributed by atoms with Crippen LogP contribution in [0.4, 0.5) is 15.6 Å². The quantitative estimate of drug-likeness (QED) is 0.512. The number of hydrogen-bond acceptors (Lipinski definition) is 4. The number of aryl methyl sites for hydroxylation is 1. The van der Waals surface area contributed by atoms with Crippen LogP contribution in [0.1, 0.15) is 16.8 Å². The summed E-state index contributed by atoms with van der Waals surface area (Å²) in [5, 5.41) is 11.2. The van der Waals surface area contributed by atoms with Gasteiger partial charge in [-0.3, -0.25) is 10.1 Å². The number of rotatable bonds is 7. The maximum atomic E-state index is 12.1. The van der Waals surface area contributed by atoms with Gasteiger partial charge in [0.1, 0.15) is 0 Å². The molecule has 0 bridgehead atoms. The summed E-state index contributed by atoms with van der Waals surface area (Å²) in [4.78, 5) is 28.4. The maximum Gasteiger partial charge on any atom is 0.325 e. The van der Waals surface area contributed by atoms with Gasteiger partial charge < -0.3 is 10.6 Å². The molecule has 6 nitrogen and oxygen atoms in total. The normalized spacial score (nSPS) is 10.4. The molecule has 0 aliphatic carbocycles. The van der Waals surface area contributed by atoms with Crippen LogP contribution in [0, 0.1) is 6.92 Å². The van der Waals surface area contributed by atoms with Crippen LogP contribution in [-0.2, 0) is 17.6 Å². The minimum atomic E-state index is -0.373. The maximum absolute atomic E-state index is 12.1. The Hall–Kier alpha value is -2.90. The molecule has 0 aliphatic heterocycles. The number of halogens is 1. The molecule has 150 valence electrons. The second kappa shape index (κ2) is 10.0. The molecule has 0 saturated heterocycles. The summed E-state index contributed by atoms with van der Waals surface area (Å²) in [5.74, 6) is -0.111. The third-order valence-corrected chi connectivity index (χ3v) is 5.13. The number of nitrogens with zero attached hydrogens (tertiary/aromatic N) is 1. The molecule has 3 rings (SSSR count). The fourth-order valence-electron chi connectivity index (χ4n) is 2.57. The van der Waals surface area contributed by atoms with Gasteiger partial charge in [0.25, 0.3) is 0 Å². The third kappa shape index (κ3) is 6.89. The fraction of sp³-hybridized carbons (Fsp3) is 0.190. The van der Waals surface area contributed by atoms with Crippen LogP contribution < -0.4 is 16.0 Å². The molecule has 0 atom stereocenters. The van der Waals surface area contributed by atoms with Crippen molar-refractivity contribution in [1.82, 2.24) is 10.3 Å².